The van der Waals surface area contributed by atoms with Crippen LogP contribution in [0.3, 0.4) is 0 Å². The van der Waals surface area contributed by atoms with Gasteiger partial charge >= 0.3 is 6.03 Å². The van der Waals surface area contributed by atoms with Crippen LogP contribution in [0.5, 0.6) is 11.5 Å². The molecule has 3 atom stereocenters. The van der Waals surface area contributed by atoms with Gasteiger partial charge in [-0.2, -0.15) is 4.98 Å². The fourth-order valence-electron chi connectivity index (χ4n) is 7.02. The molecular formula is C32H41ClN6O4. The molecule has 0 spiro atoms. The summed E-state index contributed by atoms with van der Waals surface area (Å²) in [6.07, 6.45) is 13.4. The number of rotatable bonds is 10. The lowest BCUT2D eigenvalue weighted by atomic mass is 9.75. The first-order valence-corrected chi connectivity index (χ1v) is 15.8. The predicted molar refractivity (Wildman–Crippen MR) is 167 cm³/mol. The summed E-state index contributed by atoms with van der Waals surface area (Å²) in [6, 6.07) is 3.19. The highest BCUT2D eigenvalue weighted by molar-refractivity contribution is 6.35. The largest absolute Gasteiger partial charge is 0.497 e. The van der Waals surface area contributed by atoms with Crippen molar-refractivity contribution < 1.29 is 19.1 Å². The van der Waals surface area contributed by atoms with Gasteiger partial charge in [-0.3, -0.25) is 14.6 Å². The van der Waals surface area contributed by atoms with Gasteiger partial charge in [0.05, 0.1) is 26.5 Å². The molecule has 4 aliphatic rings. The fourth-order valence-corrected chi connectivity index (χ4v) is 7.31. The van der Waals surface area contributed by atoms with Gasteiger partial charge < -0.3 is 20.1 Å². The van der Waals surface area contributed by atoms with E-state index in [4.69, 9.17) is 31.0 Å². The van der Waals surface area contributed by atoms with Crippen LogP contribution in [-0.2, 0) is 11.3 Å². The average molecular weight is 609 g/mol. The molecule has 3 aliphatic carbocycles. The molecule has 1 aromatic heterocycles. The molecule has 3 saturated carbocycles. The summed E-state index contributed by atoms with van der Waals surface area (Å²) in [5.74, 6) is 3.67. The van der Waals surface area contributed by atoms with E-state index >= 15 is 0 Å². The lowest BCUT2D eigenvalue weighted by Crippen LogP contribution is -2.51. The summed E-state index contributed by atoms with van der Waals surface area (Å²) in [7, 11) is 3.10. The molecule has 3 fully saturated rings. The highest BCUT2D eigenvalue weighted by atomic mass is 35.5. The van der Waals surface area contributed by atoms with E-state index in [-0.39, 0.29) is 30.6 Å². The Bertz CT molecular complexity index is 1380. The Morgan fingerprint density at radius 3 is 2.58 bits per heavy atom. The molecule has 1 aromatic carbocycles. The van der Waals surface area contributed by atoms with Crippen molar-refractivity contribution in [2.24, 2.45) is 17.8 Å². The molecule has 0 saturated heterocycles. The summed E-state index contributed by atoms with van der Waals surface area (Å²) in [5.41, 5.74) is 1.34. The number of amides is 3. The molecule has 10 nitrogen and oxygen atoms in total. The van der Waals surface area contributed by atoms with Crippen LogP contribution in [-0.4, -0.2) is 54.8 Å². The van der Waals surface area contributed by atoms with E-state index < -0.39 is 0 Å². The number of methoxy groups -OCH3 is 2. The van der Waals surface area contributed by atoms with Crippen LogP contribution < -0.4 is 29.9 Å². The first-order valence-electron chi connectivity index (χ1n) is 15.4. The molecule has 43 heavy (non-hydrogen) atoms. The molecule has 11 heteroatoms. The van der Waals surface area contributed by atoms with Crippen molar-refractivity contribution in [1.29, 1.82) is 0 Å². The Morgan fingerprint density at radius 1 is 1.09 bits per heavy atom. The number of carbonyl (C=O) groups is 2. The Labute approximate surface area is 258 Å². The predicted octanol–water partition coefficient (Wildman–Crippen LogP) is 5.95. The van der Waals surface area contributed by atoms with Crippen molar-refractivity contribution in [3.63, 3.8) is 0 Å². The lowest BCUT2D eigenvalue weighted by molar-refractivity contribution is -0.117. The van der Waals surface area contributed by atoms with Crippen LogP contribution in [0.4, 0.5) is 22.2 Å². The zero-order chi connectivity index (χ0) is 30.1. The zero-order valence-electron chi connectivity index (χ0n) is 25.0. The van der Waals surface area contributed by atoms with E-state index in [1.165, 1.54) is 38.9 Å². The van der Waals surface area contributed by atoms with Gasteiger partial charge in [0.2, 0.25) is 11.9 Å². The van der Waals surface area contributed by atoms with E-state index in [9.17, 15) is 9.59 Å². The maximum Gasteiger partial charge on any atom is 0.330 e. The Balaban J connectivity index is 1.29. The molecule has 2 heterocycles. The van der Waals surface area contributed by atoms with E-state index in [1.807, 2.05) is 0 Å². The monoisotopic (exact) mass is 608 g/mol. The van der Waals surface area contributed by atoms with E-state index in [0.29, 0.717) is 52.4 Å². The molecule has 0 bridgehead atoms. The molecule has 0 radical (unpaired) electrons. The minimum atomic E-state index is -0.198. The van der Waals surface area contributed by atoms with Gasteiger partial charge in [-0.25, -0.2) is 9.78 Å². The van der Waals surface area contributed by atoms with Crippen molar-refractivity contribution in [1.82, 2.24) is 15.3 Å². The highest BCUT2D eigenvalue weighted by Gasteiger charge is 2.39. The van der Waals surface area contributed by atoms with Crippen LogP contribution in [0.1, 0.15) is 63.4 Å². The minimum absolute atomic E-state index is 0.0166. The smallest absolute Gasteiger partial charge is 0.330 e. The van der Waals surface area contributed by atoms with Crippen molar-refractivity contribution in [3.8, 4) is 11.5 Å². The molecule has 230 valence electrons. The molecule has 3 unspecified atom stereocenters. The first kappa shape index (κ1) is 29.5. The van der Waals surface area contributed by atoms with Gasteiger partial charge in [0.1, 0.15) is 22.3 Å². The number of hydrogen-bond donors (Lipinski definition) is 2. The number of aromatic nitrogens is 2. The molecule has 6 rings (SSSR count). The summed E-state index contributed by atoms with van der Waals surface area (Å²) in [4.78, 5) is 39.4. The van der Waals surface area contributed by atoms with Gasteiger partial charge in [-0.15, -0.1) is 0 Å². The van der Waals surface area contributed by atoms with Crippen LogP contribution in [0, 0.1) is 17.8 Å². The molecule has 1 aliphatic heterocycles. The summed E-state index contributed by atoms with van der Waals surface area (Å²) >= 11 is 6.71. The van der Waals surface area contributed by atoms with Crippen LogP contribution >= 0.6 is 11.6 Å². The average Bonchev–Trinajstić information content (AvgIpc) is 3.68. The maximum atomic E-state index is 14.1. The van der Waals surface area contributed by atoms with Gasteiger partial charge in [0.25, 0.3) is 0 Å². The quantitative estimate of drug-likeness (QED) is 0.321. The normalized spacial score (nSPS) is 24.0. The van der Waals surface area contributed by atoms with Gasteiger partial charge in [0, 0.05) is 42.5 Å². The number of fused-ring (bicyclic) bond motifs is 1. The van der Waals surface area contributed by atoms with Crippen molar-refractivity contribution in [3.05, 3.63) is 41.6 Å². The number of anilines is 3. The second kappa shape index (κ2) is 12.6. The van der Waals surface area contributed by atoms with Gasteiger partial charge in [-0.05, 0) is 55.9 Å². The summed E-state index contributed by atoms with van der Waals surface area (Å²) in [6.45, 7) is 4.47. The number of nitrogens with one attached hydrogen (secondary N) is 2. The number of ether oxygens (including phenoxy) is 2. The number of benzene rings is 1. The van der Waals surface area contributed by atoms with Crippen LogP contribution in [0.15, 0.2) is 31.0 Å². The van der Waals surface area contributed by atoms with E-state index in [1.54, 1.807) is 35.2 Å². The Kier molecular flexibility index (Phi) is 8.66. The number of hydrogen-bond acceptors (Lipinski definition) is 7. The maximum absolute atomic E-state index is 14.1. The van der Waals surface area contributed by atoms with E-state index in [2.05, 4.69) is 17.2 Å². The first-order chi connectivity index (χ1) is 20.9. The van der Waals surface area contributed by atoms with Gasteiger partial charge in [-0.1, -0.05) is 43.9 Å². The SMILES string of the molecule is C=CC(=O)NC1CCC(C2CCCC2)CC1Nc1ncc2c(n1)N(CC1CC1)C(=O)N(c1cc(OC)cc(OC)c1Cl)C2. The number of urea groups is 1. The Morgan fingerprint density at radius 2 is 1.88 bits per heavy atom. The summed E-state index contributed by atoms with van der Waals surface area (Å²) in [5, 5.41) is 7.04. The van der Waals surface area contributed by atoms with E-state index in [0.717, 1.165) is 43.6 Å². The number of halogens is 1. The second-order valence-corrected chi connectivity index (χ2v) is 12.7. The number of carbonyl (C=O) groups excluding carboxylic acids is 2. The van der Waals surface area contributed by atoms with Crippen LogP contribution in [0.25, 0.3) is 0 Å². The minimum Gasteiger partial charge on any atom is -0.497 e. The van der Waals surface area contributed by atoms with Gasteiger partial charge in [0.15, 0.2) is 0 Å². The molecule has 2 N–H and O–H groups in total. The third kappa shape index (κ3) is 6.25. The lowest BCUT2D eigenvalue weighted by Gasteiger charge is -2.40. The zero-order valence-corrected chi connectivity index (χ0v) is 25.7. The standard InChI is InChI=1S/C32H41ClN6O4/c1-4-28(40)35-24-12-11-21(20-7-5-6-8-20)13-25(24)36-31-34-16-22-18-38(26-14-23(42-2)15-27(43-3)29(26)33)32(41)39(30(22)37-31)17-19-9-10-19/h4,14-16,19-21,24-25H,1,5-13,17-18H2,2-3H3,(H,35,40)(H,34,36,37). The topological polar surface area (TPSA) is 109 Å². The number of nitrogens with zero attached hydrogens (tertiary/aromatic N) is 4. The van der Waals surface area contributed by atoms with Crippen molar-refractivity contribution in [2.75, 3.05) is 35.9 Å². The molecule has 3 amide bonds. The third-order valence-electron chi connectivity index (χ3n) is 9.55. The molecule has 2 aromatic rings. The highest BCUT2D eigenvalue weighted by Crippen LogP contribution is 2.43. The van der Waals surface area contributed by atoms with Crippen LogP contribution in [0.2, 0.25) is 5.02 Å². The fraction of sp³-hybridized carbons (Fsp3) is 0.562. The van der Waals surface area contributed by atoms with Crippen molar-refractivity contribution >= 4 is 41.0 Å². The summed E-state index contributed by atoms with van der Waals surface area (Å²) < 4.78 is 10.9. The molecular weight excluding hydrogens is 568 g/mol. The third-order valence-corrected chi connectivity index (χ3v) is 9.93. The second-order valence-electron chi connectivity index (χ2n) is 12.3. The van der Waals surface area contributed by atoms with Crippen molar-refractivity contribution in [2.45, 2.75) is 76.4 Å². The Hall–Kier alpha value is -3.53.